The zero-order chi connectivity index (χ0) is 14.7. The summed E-state index contributed by atoms with van der Waals surface area (Å²) in [5.41, 5.74) is 1.73. The molecule has 0 saturated heterocycles. The molecular weight excluding hydrogens is 257 g/mol. The molecule has 0 aliphatic rings. The minimum absolute atomic E-state index is 0.354. The van der Waals surface area contributed by atoms with Gasteiger partial charge in [-0.05, 0) is 37.6 Å². The lowest BCUT2D eigenvalue weighted by Gasteiger charge is -2.15. The second-order valence-electron chi connectivity index (χ2n) is 4.55. The smallest absolute Gasteiger partial charge is 0.134 e. The van der Waals surface area contributed by atoms with Crippen LogP contribution in [-0.4, -0.2) is 5.11 Å². The summed E-state index contributed by atoms with van der Waals surface area (Å²) in [6.45, 7) is 3.40. The number of rotatable bonds is 3. The van der Waals surface area contributed by atoms with Crippen molar-refractivity contribution >= 4 is 0 Å². The van der Waals surface area contributed by atoms with Gasteiger partial charge in [0.2, 0.25) is 0 Å². The van der Waals surface area contributed by atoms with Gasteiger partial charge in [-0.2, -0.15) is 5.26 Å². The van der Waals surface area contributed by atoms with Crippen LogP contribution in [0.2, 0.25) is 0 Å². The van der Waals surface area contributed by atoms with Crippen molar-refractivity contribution < 1.29 is 14.2 Å². The Labute approximate surface area is 116 Å². The Morgan fingerprint density at radius 2 is 1.95 bits per heavy atom. The van der Waals surface area contributed by atoms with E-state index in [1.807, 2.05) is 6.07 Å². The largest absolute Gasteiger partial charge is 0.457 e. The lowest BCUT2D eigenvalue weighted by atomic mass is 10.1. The van der Waals surface area contributed by atoms with Gasteiger partial charge in [0.05, 0.1) is 17.7 Å². The molecule has 2 aromatic carbocycles. The zero-order valence-corrected chi connectivity index (χ0v) is 11.2. The number of aliphatic hydroxyl groups is 1. The maximum atomic E-state index is 13.3. The summed E-state index contributed by atoms with van der Waals surface area (Å²) in [5, 5.41) is 18.7. The van der Waals surface area contributed by atoms with Gasteiger partial charge < -0.3 is 9.84 Å². The van der Waals surface area contributed by atoms with Crippen molar-refractivity contribution in [3.8, 4) is 17.6 Å². The van der Waals surface area contributed by atoms with Gasteiger partial charge in [0.1, 0.15) is 17.3 Å². The Bertz CT molecular complexity index is 675. The molecule has 0 amide bonds. The Kier molecular flexibility index (Phi) is 4.02. The number of ether oxygens (including phenoxy) is 1. The van der Waals surface area contributed by atoms with Crippen molar-refractivity contribution in [3.63, 3.8) is 0 Å². The molecule has 0 saturated carbocycles. The highest BCUT2D eigenvalue weighted by Crippen LogP contribution is 2.32. The summed E-state index contributed by atoms with van der Waals surface area (Å²) in [4.78, 5) is 0. The molecule has 0 heterocycles. The van der Waals surface area contributed by atoms with Gasteiger partial charge in [-0.15, -0.1) is 0 Å². The van der Waals surface area contributed by atoms with E-state index in [0.29, 0.717) is 22.6 Å². The molecule has 0 aliphatic heterocycles. The molecule has 0 bridgehead atoms. The fourth-order valence-electron chi connectivity index (χ4n) is 1.84. The third-order valence-corrected chi connectivity index (χ3v) is 2.96. The summed E-state index contributed by atoms with van der Waals surface area (Å²) in [5.74, 6) is 0.315. The predicted octanol–water partition coefficient (Wildman–Crippen LogP) is 3.85. The van der Waals surface area contributed by atoms with E-state index >= 15 is 0 Å². The van der Waals surface area contributed by atoms with Crippen LogP contribution in [0.15, 0.2) is 36.4 Å². The lowest BCUT2D eigenvalue weighted by molar-refractivity contribution is 0.195. The zero-order valence-electron chi connectivity index (χ0n) is 11.2. The molecule has 0 unspecified atom stereocenters. The summed E-state index contributed by atoms with van der Waals surface area (Å²) < 4.78 is 18.9. The number of aliphatic hydroxyl groups excluding tert-OH is 1. The second kappa shape index (κ2) is 5.72. The fourth-order valence-corrected chi connectivity index (χ4v) is 1.84. The average molecular weight is 271 g/mol. The molecule has 1 atom stereocenters. The molecule has 0 radical (unpaired) electrons. The highest BCUT2D eigenvalue weighted by molar-refractivity contribution is 5.46. The number of nitrogens with zero attached hydrogens (tertiary/aromatic N) is 1. The highest BCUT2D eigenvalue weighted by atomic mass is 19.1. The van der Waals surface area contributed by atoms with E-state index in [9.17, 15) is 9.50 Å². The molecule has 0 spiro atoms. The molecule has 1 N–H and O–H groups in total. The van der Waals surface area contributed by atoms with Crippen molar-refractivity contribution in [3.05, 3.63) is 58.9 Å². The van der Waals surface area contributed by atoms with Crippen LogP contribution < -0.4 is 4.74 Å². The number of hydrogen-bond acceptors (Lipinski definition) is 3. The predicted molar refractivity (Wildman–Crippen MR) is 73.0 cm³/mol. The monoisotopic (exact) mass is 271 g/mol. The maximum Gasteiger partial charge on any atom is 0.134 e. The number of hydrogen-bond donors (Lipinski definition) is 1. The van der Waals surface area contributed by atoms with Crippen LogP contribution in [0.1, 0.15) is 29.7 Å². The number of nitriles is 1. The van der Waals surface area contributed by atoms with E-state index in [1.165, 1.54) is 18.2 Å². The van der Waals surface area contributed by atoms with Crippen LogP contribution >= 0.6 is 0 Å². The molecule has 4 heteroatoms. The lowest BCUT2D eigenvalue weighted by Crippen LogP contribution is -1.98. The van der Waals surface area contributed by atoms with E-state index in [2.05, 4.69) is 0 Å². The number of aryl methyl sites for hydroxylation is 1. The van der Waals surface area contributed by atoms with Gasteiger partial charge in [0.15, 0.2) is 0 Å². The Morgan fingerprint density at radius 3 is 2.60 bits per heavy atom. The van der Waals surface area contributed by atoms with Gasteiger partial charge in [0.25, 0.3) is 0 Å². The first-order chi connectivity index (χ1) is 9.51. The van der Waals surface area contributed by atoms with Gasteiger partial charge in [-0.3, -0.25) is 0 Å². The third kappa shape index (κ3) is 2.95. The minimum Gasteiger partial charge on any atom is -0.457 e. The molecule has 0 aromatic heterocycles. The van der Waals surface area contributed by atoms with Crippen LogP contribution in [0.25, 0.3) is 0 Å². The Morgan fingerprint density at radius 1 is 1.20 bits per heavy atom. The highest BCUT2D eigenvalue weighted by Gasteiger charge is 2.12. The Hall–Kier alpha value is -2.38. The molecule has 3 nitrogen and oxygen atoms in total. The molecular formula is C16H14FNO2. The normalized spacial score (nSPS) is 11.8. The van der Waals surface area contributed by atoms with Crippen LogP contribution in [0.3, 0.4) is 0 Å². The molecule has 0 aliphatic carbocycles. The SMILES string of the molecule is Cc1ccc(F)cc1Oc1cc(C#N)ccc1[C@H](C)O. The van der Waals surface area contributed by atoms with Crippen LogP contribution in [-0.2, 0) is 0 Å². The first-order valence-electron chi connectivity index (χ1n) is 6.17. The van der Waals surface area contributed by atoms with E-state index < -0.39 is 11.9 Å². The van der Waals surface area contributed by atoms with Crippen molar-refractivity contribution in [1.82, 2.24) is 0 Å². The topological polar surface area (TPSA) is 53.2 Å². The third-order valence-electron chi connectivity index (χ3n) is 2.96. The minimum atomic E-state index is -0.744. The second-order valence-corrected chi connectivity index (χ2v) is 4.55. The van der Waals surface area contributed by atoms with Gasteiger partial charge in [-0.25, -0.2) is 4.39 Å². The van der Waals surface area contributed by atoms with Crippen LogP contribution in [0.5, 0.6) is 11.5 Å². The quantitative estimate of drug-likeness (QED) is 0.922. The van der Waals surface area contributed by atoms with Crippen molar-refractivity contribution in [1.29, 1.82) is 5.26 Å². The van der Waals surface area contributed by atoms with E-state index in [4.69, 9.17) is 10.00 Å². The van der Waals surface area contributed by atoms with Crippen molar-refractivity contribution in [2.75, 3.05) is 0 Å². The van der Waals surface area contributed by atoms with E-state index in [0.717, 1.165) is 5.56 Å². The van der Waals surface area contributed by atoms with Gasteiger partial charge in [-0.1, -0.05) is 12.1 Å². The molecule has 102 valence electrons. The summed E-state index contributed by atoms with van der Waals surface area (Å²) in [6, 6.07) is 11.0. The van der Waals surface area contributed by atoms with Crippen molar-refractivity contribution in [2.45, 2.75) is 20.0 Å². The number of halogens is 1. The van der Waals surface area contributed by atoms with Crippen molar-refractivity contribution in [2.24, 2.45) is 0 Å². The molecule has 2 rings (SSSR count). The summed E-state index contributed by atoms with van der Waals surface area (Å²) in [7, 11) is 0. The average Bonchev–Trinajstić information content (AvgIpc) is 2.42. The first-order valence-corrected chi connectivity index (χ1v) is 6.17. The number of benzene rings is 2. The Balaban J connectivity index is 2.46. The van der Waals surface area contributed by atoms with E-state index in [-0.39, 0.29) is 0 Å². The molecule has 0 fully saturated rings. The van der Waals surface area contributed by atoms with Crippen LogP contribution in [0, 0.1) is 24.1 Å². The first kappa shape index (κ1) is 14.0. The van der Waals surface area contributed by atoms with Gasteiger partial charge >= 0.3 is 0 Å². The maximum absolute atomic E-state index is 13.3. The summed E-state index contributed by atoms with van der Waals surface area (Å²) >= 11 is 0. The van der Waals surface area contributed by atoms with Gasteiger partial charge in [0, 0.05) is 11.6 Å². The fraction of sp³-hybridized carbons (Fsp3) is 0.188. The molecule has 2 aromatic rings. The van der Waals surface area contributed by atoms with E-state index in [1.54, 1.807) is 32.0 Å². The standard InChI is InChI=1S/C16H14FNO2/c1-10-3-5-13(17)8-15(10)20-16-7-12(9-18)4-6-14(16)11(2)19/h3-8,11,19H,1-2H3/t11-/m0/s1. The van der Waals surface area contributed by atoms with Crippen LogP contribution in [0.4, 0.5) is 4.39 Å². The molecule has 20 heavy (non-hydrogen) atoms. The summed E-state index contributed by atoms with van der Waals surface area (Å²) in [6.07, 6.45) is -0.744.